The first-order valence-corrected chi connectivity index (χ1v) is 3.42. The third-order valence-electron chi connectivity index (χ3n) is 1.54. The molecule has 0 aliphatic carbocycles. The number of aliphatic carboxylic acids is 1. The van der Waals surface area contributed by atoms with Gasteiger partial charge in [-0.05, 0) is 12.1 Å². The fourth-order valence-corrected chi connectivity index (χ4v) is 0.859. The number of hydrogen-bond acceptors (Lipinski definition) is 1. The van der Waals surface area contributed by atoms with Crippen molar-refractivity contribution in [2.45, 2.75) is 5.92 Å². The van der Waals surface area contributed by atoms with Crippen LogP contribution < -0.4 is 0 Å². The smallest absolute Gasteiger partial charge is 0.379 e. The zero-order chi connectivity index (χ0) is 10.9. The molecule has 0 radical (unpaired) electrons. The highest BCUT2D eigenvalue weighted by atomic mass is 19.3. The van der Waals surface area contributed by atoms with Gasteiger partial charge in [0.25, 0.3) is 0 Å². The van der Waals surface area contributed by atoms with Crippen LogP contribution in [-0.2, 0) is 10.7 Å². The van der Waals surface area contributed by atoms with E-state index in [1.54, 1.807) is 0 Å². The lowest BCUT2D eigenvalue weighted by molar-refractivity contribution is -0.166. The van der Waals surface area contributed by atoms with Gasteiger partial charge in [0.1, 0.15) is 11.6 Å². The molecule has 1 aromatic carbocycles. The fraction of sp³-hybridized carbons (Fsp3) is 0.125. The molecule has 0 amide bonds. The van der Waals surface area contributed by atoms with Gasteiger partial charge in [-0.1, -0.05) is 0 Å². The Morgan fingerprint density at radius 2 is 1.86 bits per heavy atom. The molecular weight excluding hydrogens is 204 g/mol. The molecule has 0 saturated carbocycles. The molecule has 1 aromatic rings. The maximum absolute atomic E-state index is 12.7. The van der Waals surface area contributed by atoms with Crippen molar-refractivity contribution in [2.24, 2.45) is 0 Å². The van der Waals surface area contributed by atoms with Crippen molar-refractivity contribution in [2.75, 3.05) is 0 Å². The van der Waals surface area contributed by atoms with Crippen molar-refractivity contribution in [3.05, 3.63) is 35.4 Å². The first kappa shape index (κ1) is 10.5. The lowest BCUT2D eigenvalue weighted by atomic mass is 10.1. The quantitative estimate of drug-likeness (QED) is 0.756. The van der Waals surface area contributed by atoms with Crippen molar-refractivity contribution < 1.29 is 27.5 Å². The van der Waals surface area contributed by atoms with Crippen LogP contribution in [0, 0.1) is 11.6 Å². The largest absolute Gasteiger partial charge is 0.477 e. The molecule has 0 atom stereocenters. The molecule has 0 aromatic heterocycles. The number of carboxylic acid groups (broad SMARTS) is 1. The van der Waals surface area contributed by atoms with E-state index in [1.165, 1.54) is 0 Å². The molecular formula is C8H4F4O2. The van der Waals surface area contributed by atoms with Gasteiger partial charge in [0, 0.05) is 6.07 Å². The van der Waals surface area contributed by atoms with E-state index in [0.29, 0.717) is 12.1 Å². The Hall–Kier alpha value is -1.59. The number of benzene rings is 1. The third kappa shape index (κ3) is 1.68. The first-order chi connectivity index (χ1) is 6.35. The Kier molecular flexibility index (Phi) is 2.46. The summed E-state index contributed by atoms with van der Waals surface area (Å²) in [5.41, 5.74) is -1.36. The normalized spacial score (nSPS) is 11.4. The third-order valence-corrected chi connectivity index (χ3v) is 1.54. The summed E-state index contributed by atoms with van der Waals surface area (Å²) in [7, 11) is 0. The van der Waals surface area contributed by atoms with Crippen molar-refractivity contribution in [1.29, 1.82) is 0 Å². The van der Waals surface area contributed by atoms with E-state index in [0.717, 1.165) is 0 Å². The Labute approximate surface area is 75.8 Å². The molecule has 0 aliphatic heterocycles. The van der Waals surface area contributed by atoms with Gasteiger partial charge in [0.2, 0.25) is 0 Å². The molecule has 1 N–H and O–H groups in total. The van der Waals surface area contributed by atoms with Crippen LogP contribution in [0.5, 0.6) is 0 Å². The highest BCUT2D eigenvalue weighted by Crippen LogP contribution is 2.30. The number of carbonyl (C=O) groups is 1. The molecule has 76 valence electrons. The maximum Gasteiger partial charge on any atom is 0.379 e. The molecule has 0 fully saturated rings. The average Bonchev–Trinajstić information content (AvgIpc) is 2.02. The monoisotopic (exact) mass is 208 g/mol. The van der Waals surface area contributed by atoms with Gasteiger partial charge in [0.05, 0.1) is 5.56 Å². The van der Waals surface area contributed by atoms with Crippen molar-refractivity contribution >= 4 is 5.97 Å². The predicted molar refractivity (Wildman–Crippen MR) is 37.9 cm³/mol. The zero-order valence-corrected chi connectivity index (χ0v) is 6.60. The van der Waals surface area contributed by atoms with Gasteiger partial charge in [0.15, 0.2) is 0 Å². The second kappa shape index (κ2) is 3.28. The van der Waals surface area contributed by atoms with Gasteiger partial charge < -0.3 is 5.11 Å². The Morgan fingerprint density at radius 1 is 1.29 bits per heavy atom. The second-order valence-electron chi connectivity index (χ2n) is 2.50. The molecule has 0 bridgehead atoms. The minimum absolute atomic E-state index is 0.201. The molecule has 6 heteroatoms. The Bertz CT molecular complexity index is 376. The molecule has 0 spiro atoms. The van der Waals surface area contributed by atoms with Gasteiger partial charge in [-0.25, -0.2) is 13.6 Å². The van der Waals surface area contributed by atoms with E-state index in [2.05, 4.69) is 0 Å². The predicted octanol–water partition coefficient (Wildman–Crippen LogP) is 2.14. The molecule has 0 aliphatic rings. The number of hydrogen-bond donors (Lipinski definition) is 1. The first-order valence-electron chi connectivity index (χ1n) is 3.42. The average molecular weight is 208 g/mol. The van der Waals surface area contributed by atoms with Crippen LogP contribution in [0.15, 0.2) is 18.2 Å². The topological polar surface area (TPSA) is 37.3 Å². The van der Waals surface area contributed by atoms with Crippen LogP contribution >= 0.6 is 0 Å². The molecule has 0 saturated heterocycles. The number of carboxylic acids is 1. The summed E-state index contributed by atoms with van der Waals surface area (Å²) in [5.74, 6) is -9.47. The summed E-state index contributed by atoms with van der Waals surface area (Å²) in [6.07, 6.45) is 0. The molecule has 0 unspecified atom stereocenters. The summed E-state index contributed by atoms with van der Waals surface area (Å²) >= 11 is 0. The lowest BCUT2D eigenvalue weighted by Gasteiger charge is -2.11. The highest BCUT2D eigenvalue weighted by Gasteiger charge is 2.43. The van der Waals surface area contributed by atoms with Crippen LogP contribution in [0.3, 0.4) is 0 Å². The molecule has 0 heterocycles. The van der Waals surface area contributed by atoms with Crippen LogP contribution in [0.1, 0.15) is 5.56 Å². The summed E-state index contributed by atoms with van der Waals surface area (Å²) in [6, 6.07) is 1.17. The van der Waals surface area contributed by atoms with Crippen LogP contribution in [0.4, 0.5) is 17.6 Å². The molecule has 14 heavy (non-hydrogen) atoms. The summed E-state index contributed by atoms with van der Waals surface area (Å²) < 4.78 is 50.4. The minimum Gasteiger partial charge on any atom is -0.477 e. The van der Waals surface area contributed by atoms with E-state index < -0.39 is 29.1 Å². The highest BCUT2D eigenvalue weighted by molar-refractivity contribution is 5.77. The second-order valence-corrected chi connectivity index (χ2v) is 2.50. The lowest BCUT2D eigenvalue weighted by Crippen LogP contribution is -2.26. The number of halogens is 4. The maximum atomic E-state index is 12.7. The van der Waals surface area contributed by atoms with E-state index in [9.17, 15) is 22.4 Å². The van der Waals surface area contributed by atoms with Gasteiger partial charge in [-0.3, -0.25) is 0 Å². The van der Waals surface area contributed by atoms with E-state index >= 15 is 0 Å². The van der Waals surface area contributed by atoms with E-state index in [4.69, 9.17) is 5.11 Å². The SMILES string of the molecule is O=C(O)C(F)(F)c1ccc(F)cc1F. The Morgan fingerprint density at radius 3 is 2.29 bits per heavy atom. The van der Waals surface area contributed by atoms with Crippen molar-refractivity contribution in [3.8, 4) is 0 Å². The number of alkyl halides is 2. The minimum atomic E-state index is -4.35. The van der Waals surface area contributed by atoms with Crippen molar-refractivity contribution in [1.82, 2.24) is 0 Å². The summed E-state index contributed by atoms with van der Waals surface area (Å²) in [6.45, 7) is 0. The summed E-state index contributed by atoms with van der Waals surface area (Å²) in [5, 5.41) is 8.08. The zero-order valence-electron chi connectivity index (χ0n) is 6.60. The van der Waals surface area contributed by atoms with Gasteiger partial charge in [-0.15, -0.1) is 0 Å². The van der Waals surface area contributed by atoms with E-state index in [-0.39, 0.29) is 6.07 Å². The molecule has 2 nitrogen and oxygen atoms in total. The van der Waals surface area contributed by atoms with Crippen LogP contribution in [-0.4, -0.2) is 11.1 Å². The molecule has 1 rings (SSSR count). The standard InChI is InChI=1S/C8H4F4O2/c9-4-1-2-5(6(10)3-4)8(11,12)7(13)14/h1-3H,(H,13,14). The van der Waals surface area contributed by atoms with E-state index in [1.807, 2.05) is 0 Å². The fourth-order valence-electron chi connectivity index (χ4n) is 0.859. The van der Waals surface area contributed by atoms with Crippen molar-refractivity contribution in [3.63, 3.8) is 0 Å². The van der Waals surface area contributed by atoms with Crippen LogP contribution in [0.2, 0.25) is 0 Å². The van der Waals surface area contributed by atoms with Crippen LogP contribution in [0.25, 0.3) is 0 Å². The Balaban J connectivity index is 3.26. The number of rotatable bonds is 2. The summed E-state index contributed by atoms with van der Waals surface area (Å²) in [4.78, 5) is 10.0. The van der Waals surface area contributed by atoms with Gasteiger partial charge >= 0.3 is 11.9 Å². The van der Waals surface area contributed by atoms with Gasteiger partial charge in [-0.2, -0.15) is 8.78 Å².